The Labute approximate surface area is 206 Å². The second kappa shape index (κ2) is 11.2. The Morgan fingerprint density at radius 2 is 1.71 bits per heavy atom. The van der Waals surface area contributed by atoms with Gasteiger partial charge in [-0.15, -0.1) is 0 Å². The lowest BCUT2D eigenvalue weighted by atomic mass is 9.86. The molecule has 2 aliphatic heterocycles. The summed E-state index contributed by atoms with van der Waals surface area (Å²) in [5.74, 6) is -0.907. The standard InChI is InChI=1S/C27H36N4O4/c1-18(32)24-17-22(7-8-23(24)25(33)16-20-4-9-26(34)29-27(20)35)31-14-12-30(13-15-31)11-10-19-2-5-21(28)6-3-19/h7-8,17,19-20,28H,2-6,9-16H2,1H3,(H,29,34,35). The topological polar surface area (TPSA) is 111 Å². The molecule has 0 spiro atoms. The lowest BCUT2D eigenvalue weighted by Gasteiger charge is -2.37. The molecule has 1 unspecified atom stereocenters. The Morgan fingerprint density at radius 3 is 2.37 bits per heavy atom. The van der Waals surface area contributed by atoms with Crippen molar-refractivity contribution >= 4 is 34.8 Å². The van der Waals surface area contributed by atoms with Crippen LogP contribution in [-0.4, -0.2) is 66.7 Å². The largest absolute Gasteiger partial charge is 0.369 e. The number of ketones is 2. The van der Waals surface area contributed by atoms with Crippen LogP contribution >= 0.6 is 0 Å². The molecule has 1 aromatic rings. The van der Waals surface area contributed by atoms with E-state index in [1.165, 1.54) is 13.3 Å². The molecule has 3 aliphatic rings. The van der Waals surface area contributed by atoms with Crippen molar-refractivity contribution in [1.82, 2.24) is 10.2 Å². The molecule has 1 aliphatic carbocycles. The second-order valence-corrected chi connectivity index (χ2v) is 10.2. The fourth-order valence-corrected chi connectivity index (χ4v) is 5.44. The van der Waals surface area contributed by atoms with Gasteiger partial charge in [-0.1, -0.05) is 0 Å². The van der Waals surface area contributed by atoms with Gasteiger partial charge < -0.3 is 10.3 Å². The van der Waals surface area contributed by atoms with Crippen LogP contribution in [0.5, 0.6) is 0 Å². The Kier molecular flexibility index (Phi) is 8.11. The lowest BCUT2D eigenvalue weighted by Crippen LogP contribution is -2.47. The summed E-state index contributed by atoms with van der Waals surface area (Å²) < 4.78 is 0. The van der Waals surface area contributed by atoms with Crippen molar-refractivity contribution < 1.29 is 19.2 Å². The Morgan fingerprint density at radius 1 is 1.00 bits per heavy atom. The number of benzene rings is 1. The Hall–Kier alpha value is -2.87. The quantitative estimate of drug-likeness (QED) is 0.437. The molecular weight excluding hydrogens is 444 g/mol. The third kappa shape index (κ3) is 6.42. The number of nitrogens with one attached hydrogen (secondary N) is 2. The average Bonchev–Trinajstić information content (AvgIpc) is 2.85. The van der Waals surface area contributed by atoms with E-state index in [0.717, 1.165) is 75.7 Å². The zero-order valence-electron chi connectivity index (χ0n) is 20.6. The molecule has 0 aromatic heterocycles. The molecule has 0 bridgehead atoms. The minimum Gasteiger partial charge on any atom is -0.369 e. The zero-order chi connectivity index (χ0) is 24.9. The number of anilines is 1. The molecule has 3 fully saturated rings. The molecule has 35 heavy (non-hydrogen) atoms. The van der Waals surface area contributed by atoms with Crippen LogP contribution in [0.1, 0.15) is 79.0 Å². The van der Waals surface area contributed by atoms with E-state index >= 15 is 0 Å². The first-order chi connectivity index (χ1) is 16.8. The number of imide groups is 1. The first-order valence-electron chi connectivity index (χ1n) is 12.9. The van der Waals surface area contributed by atoms with Gasteiger partial charge in [0, 0.05) is 67.5 Å². The predicted octanol–water partition coefficient (Wildman–Crippen LogP) is 3.24. The number of nitrogens with zero attached hydrogens (tertiary/aromatic N) is 2. The van der Waals surface area contributed by atoms with E-state index in [4.69, 9.17) is 5.41 Å². The van der Waals surface area contributed by atoms with Crippen LogP contribution < -0.4 is 10.2 Å². The number of Topliss-reactive ketones (excluding diaryl/α,β-unsaturated/α-hetero) is 2. The average molecular weight is 481 g/mol. The fourth-order valence-electron chi connectivity index (χ4n) is 5.44. The first-order valence-corrected chi connectivity index (χ1v) is 12.9. The highest BCUT2D eigenvalue weighted by molar-refractivity contribution is 6.10. The van der Waals surface area contributed by atoms with Crippen molar-refractivity contribution in [2.24, 2.45) is 11.8 Å². The molecule has 2 N–H and O–H groups in total. The van der Waals surface area contributed by atoms with Crippen LogP contribution in [0.15, 0.2) is 18.2 Å². The molecule has 2 heterocycles. The molecular formula is C27H36N4O4. The Bertz CT molecular complexity index is 1000. The summed E-state index contributed by atoms with van der Waals surface area (Å²) >= 11 is 0. The summed E-state index contributed by atoms with van der Waals surface area (Å²) in [7, 11) is 0. The number of carbonyl (C=O) groups is 4. The van der Waals surface area contributed by atoms with Crippen molar-refractivity contribution in [3.8, 4) is 0 Å². The molecule has 1 atom stereocenters. The van der Waals surface area contributed by atoms with Crippen LogP contribution in [0.4, 0.5) is 5.69 Å². The van der Waals surface area contributed by atoms with Gasteiger partial charge in [0.15, 0.2) is 11.6 Å². The summed E-state index contributed by atoms with van der Waals surface area (Å²) in [5.41, 5.74) is 2.59. The number of hydrogen-bond donors (Lipinski definition) is 2. The number of rotatable bonds is 8. The number of piperazine rings is 1. The summed E-state index contributed by atoms with van der Waals surface area (Å²) in [5, 5.41) is 10.1. The van der Waals surface area contributed by atoms with Gasteiger partial charge in [0.05, 0.1) is 0 Å². The van der Waals surface area contributed by atoms with E-state index in [2.05, 4.69) is 15.1 Å². The van der Waals surface area contributed by atoms with Crippen LogP contribution in [0.3, 0.4) is 0 Å². The van der Waals surface area contributed by atoms with Crippen molar-refractivity contribution in [2.45, 2.75) is 58.3 Å². The normalized spacial score (nSPS) is 23.8. The van der Waals surface area contributed by atoms with E-state index in [0.29, 0.717) is 17.5 Å². The fraction of sp³-hybridized carbons (Fsp3) is 0.593. The van der Waals surface area contributed by atoms with E-state index in [1.807, 2.05) is 12.1 Å². The number of hydrogen-bond acceptors (Lipinski definition) is 7. The summed E-state index contributed by atoms with van der Waals surface area (Å²) in [4.78, 5) is 53.6. The molecule has 8 heteroatoms. The molecule has 188 valence electrons. The van der Waals surface area contributed by atoms with Gasteiger partial charge >= 0.3 is 0 Å². The molecule has 1 saturated carbocycles. The maximum absolute atomic E-state index is 13.0. The van der Waals surface area contributed by atoms with Crippen molar-refractivity contribution in [1.29, 1.82) is 5.41 Å². The SMILES string of the molecule is CC(=O)c1cc(N2CCN(CCC3CCC(=N)CC3)CC2)ccc1C(=O)CC1CCC(=O)NC1=O. The minimum atomic E-state index is -0.534. The summed E-state index contributed by atoms with van der Waals surface area (Å²) in [6, 6.07) is 5.43. The van der Waals surface area contributed by atoms with Crippen LogP contribution in [0.25, 0.3) is 0 Å². The van der Waals surface area contributed by atoms with Gasteiger partial charge in [-0.3, -0.25) is 29.4 Å². The predicted molar refractivity (Wildman–Crippen MR) is 134 cm³/mol. The number of carbonyl (C=O) groups excluding carboxylic acids is 4. The first kappa shape index (κ1) is 25.2. The molecule has 8 nitrogen and oxygen atoms in total. The van der Waals surface area contributed by atoms with Gasteiger partial charge in [-0.25, -0.2) is 0 Å². The van der Waals surface area contributed by atoms with Crippen molar-refractivity contribution in [2.75, 3.05) is 37.6 Å². The molecule has 1 aromatic carbocycles. The molecule has 2 saturated heterocycles. The Balaban J connectivity index is 1.33. The van der Waals surface area contributed by atoms with Crippen LogP contribution in [0.2, 0.25) is 0 Å². The maximum Gasteiger partial charge on any atom is 0.230 e. The van der Waals surface area contributed by atoms with Crippen LogP contribution in [-0.2, 0) is 9.59 Å². The lowest BCUT2D eigenvalue weighted by molar-refractivity contribution is -0.136. The smallest absolute Gasteiger partial charge is 0.230 e. The van der Waals surface area contributed by atoms with Gasteiger partial charge in [-0.05, 0) is 76.1 Å². The third-order valence-corrected chi connectivity index (χ3v) is 7.77. The van der Waals surface area contributed by atoms with E-state index in [1.54, 1.807) is 6.07 Å². The van der Waals surface area contributed by atoms with Gasteiger partial charge in [-0.2, -0.15) is 0 Å². The minimum absolute atomic E-state index is 0.000452. The summed E-state index contributed by atoms with van der Waals surface area (Å²) in [6.45, 7) is 6.24. The molecule has 2 amide bonds. The summed E-state index contributed by atoms with van der Waals surface area (Å²) in [6.07, 6.45) is 6.03. The zero-order valence-corrected chi connectivity index (χ0v) is 20.6. The third-order valence-electron chi connectivity index (χ3n) is 7.77. The molecule has 0 radical (unpaired) electrons. The van der Waals surface area contributed by atoms with Gasteiger partial charge in [0.2, 0.25) is 11.8 Å². The number of amides is 2. The van der Waals surface area contributed by atoms with E-state index in [9.17, 15) is 19.2 Å². The van der Waals surface area contributed by atoms with Crippen molar-refractivity contribution in [3.05, 3.63) is 29.3 Å². The van der Waals surface area contributed by atoms with E-state index < -0.39 is 11.8 Å². The van der Waals surface area contributed by atoms with Crippen LogP contribution in [0, 0.1) is 17.2 Å². The van der Waals surface area contributed by atoms with Crippen molar-refractivity contribution in [3.63, 3.8) is 0 Å². The molecule has 4 rings (SSSR count). The van der Waals surface area contributed by atoms with Gasteiger partial charge in [0.25, 0.3) is 0 Å². The van der Waals surface area contributed by atoms with Gasteiger partial charge in [0.1, 0.15) is 0 Å². The highest BCUT2D eigenvalue weighted by Gasteiger charge is 2.30. The number of piperidine rings is 1. The monoisotopic (exact) mass is 480 g/mol. The maximum atomic E-state index is 13.0. The highest BCUT2D eigenvalue weighted by Crippen LogP contribution is 2.27. The second-order valence-electron chi connectivity index (χ2n) is 10.2. The van der Waals surface area contributed by atoms with E-state index in [-0.39, 0.29) is 30.3 Å². The highest BCUT2D eigenvalue weighted by atomic mass is 16.2.